The van der Waals surface area contributed by atoms with Crippen molar-refractivity contribution in [3.63, 3.8) is 0 Å². The van der Waals surface area contributed by atoms with Crippen LogP contribution >= 0.6 is 8.25 Å². The van der Waals surface area contributed by atoms with Crippen LogP contribution in [0.15, 0.2) is 23.3 Å². The van der Waals surface area contributed by atoms with Crippen molar-refractivity contribution in [1.82, 2.24) is 15.6 Å². The maximum atomic E-state index is 8.74. The standard InChI is InChI=1S/C4H10N2.C3H3NO.H3O3P/c1-2-6-4-3-5-1;1-2-5-3-4-1;1-4(2)3/h5-6H,1-4H2;1-3H;4H,(H2,1,2,3). The van der Waals surface area contributed by atoms with Gasteiger partial charge in [0.1, 0.15) is 6.26 Å². The summed E-state index contributed by atoms with van der Waals surface area (Å²) in [6.45, 7) is 4.56. The SMILES string of the molecule is C1CNCCN1.O=[PH](O)O.c1cocn1. The molecule has 1 fully saturated rings. The third-order valence-electron chi connectivity index (χ3n) is 1.30. The van der Waals surface area contributed by atoms with Crippen LogP contribution in [0.5, 0.6) is 0 Å². The second kappa shape index (κ2) is 11.4. The second-order valence-corrected chi connectivity index (χ2v) is 3.02. The molecule has 88 valence electrons. The highest BCUT2D eigenvalue weighted by atomic mass is 31.1. The molecule has 15 heavy (non-hydrogen) atoms. The minimum absolute atomic E-state index is 1.14. The minimum Gasteiger partial charge on any atom is -0.452 e. The molecule has 1 aliphatic rings. The predicted octanol–water partition coefficient (Wildman–Crippen LogP) is -0.786. The molecule has 0 amide bonds. The van der Waals surface area contributed by atoms with Gasteiger partial charge in [-0.3, -0.25) is 4.57 Å². The fourth-order valence-electron chi connectivity index (χ4n) is 0.779. The van der Waals surface area contributed by atoms with Gasteiger partial charge in [-0.15, -0.1) is 0 Å². The molecule has 1 aromatic rings. The predicted molar refractivity (Wildman–Crippen MR) is 55.7 cm³/mol. The van der Waals surface area contributed by atoms with E-state index in [9.17, 15) is 0 Å². The molecule has 2 heterocycles. The van der Waals surface area contributed by atoms with E-state index in [4.69, 9.17) is 14.4 Å². The number of nitrogens with one attached hydrogen (secondary N) is 2. The van der Waals surface area contributed by atoms with E-state index in [0.717, 1.165) is 26.2 Å². The van der Waals surface area contributed by atoms with E-state index in [1.54, 1.807) is 6.20 Å². The van der Waals surface area contributed by atoms with E-state index in [1.807, 2.05) is 0 Å². The summed E-state index contributed by atoms with van der Waals surface area (Å²) in [5.74, 6) is 0. The molecule has 1 aliphatic heterocycles. The van der Waals surface area contributed by atoms with Gasteiger partial charge in [0.15, 0.2) is 6.39 Å². The summed E-state index contributed by atoms with van der Waals surface area (Å²) in [6, 6.07) is 0. The van der Waals surface area contributed by atoms with Gasteiger partial charge in [-0.2, -0.15) is 0 Å². The van der Waals surface area contributed by atoms with Crippen molar-refractivity contribution in [1.29, 1.82) is 0 Å². The van der Waals surface area contributed by atoms with E-state index in [2.05, 4.69) is 20.0 Å². The van der Waals surface area contributed by atoms with E-state index in [1.165, 1.54) is 12.7 Å². The molecule has 0 radical (unpaired) electrons. The summed E-state index contributed by atoms with van der Waals surface area (Å²) in [4.78, 5) is 17.9. The quantitative estimate of drug-likeness (QED) is 0.438. The normalized spacial score (nSPS) is 14.6. The van der Waals surface area contributed by atoms with Crippen molar-refractivity contribution in [3.8, 4) is 0 Å². The molecule has 1 aromatic heterocycles. The summed E-state index contributed by atoms with van der Waals surface area (Å²) < 4.78 is 13.2. The van der Waals surface area contributed by atoms with E-state index >= 15 is 0 Å². The lowest BCUT2D eigenvalue weighted by Gasteiger charge is -2.11. The average Bonchev–Trinajstić information content (AvgIpc) is 2.77. The van der Waals surface area contributed by atoms with Crippen LogP contribution in [0.2, 0.25) is 0 Å². The number of oxazole rings is 1. The molecule has 0 unspecified atom stereocenters. The topological polar surface area (TPSA) is 108 Å². The smallest absolute Gasteiger partial charge is 0.314 e. The Morgan fingerprint density at radius 1 is 1.20 bits per heavy atom. The zero-order valence-corrected chi connectivity index (χ0v) is 9.22. The van der Waals surface area contributed by atoms with Gasteiger partial charge in [-0.1, -0.05) is 0 Å². The summed E-state index contributed by atoms with van der Waals surface area (Å²) in [6.07, 6.45) is 4.47. The first-order valence-corrected chi connectivity index (χ1v) is 5.69. The Hall–Kier alpha value is -0.720. The van der Waals surface area contributed by atoms with Crippen LogP contribution in [0.4, 0.5) is 0 Å². The first-order chi connectivity index (χ1) is 7.23. The largest absolute Gasteiger partial charge is 0.452 e. The molecule has 8 heteroatoms. The van der Waals surface area contributed by atoms with Crippen molar-refractivity contribution >= 4 is 8.25 Å². The molecule has 0 aromatic carbocycles. The average molecular weight is 237 g/mol. The molecular weight excluding hydrogens is 221 g/mol. The van der Waals surface area contributed by atoms with Gasteiger partial charge in [0, 0.05) is 26.2 Å². The van der Waals surface area contributed by atoms with Crippen molar-refractivity contribution in [2.45, 2.75) is 0 Å². The van der Waals surface area contributed by atoms with Crippen LogP contribution < -0.4 is 10.6 Å². The Morgan fingerprint density at radius 2 is 1.67 bits per heavy atom. The Balaban J connectivity index is 0.000000202. The lowest BCUT2D eigenvalue weighted by atomic mass is 10.4. The molecule has 4 N–H and O–H groups in total. The van der Waals surface area contributed by atoms with Gasteiger partial charge in [0.25, 0.3) is 0 Å². The summed E-state index contributed by atoms with van der Waals surface area (Å²) in [7, 11) is -3.13. The van der Waals surface area contributed by atoms with Gasteiger partial charge in [0.2, 0.25) is 0 Å². The number of piperazine rings is 1. The summed E-state index contributed by atoms with van der Waals surface area (Å²) >= 11 is 0. The molecule has 2 rings (SSSR count). The van der Waals surface area contributed by atoms with E-state index in [-0.39, 0.29) is 0 Å². The fourth-order valence-corrected chi connectivity index (χ4v) is 0.779. The summed E-state index contributed by atoms with van der Waals surface area (Å²) in [5, 5.41) is 6.44. The summed E-state index contributed by atoms with van der Waals surface area (Å²) in [5.41, 5.74) is 0. The van der Waals surface area contributed by atoms with Crippen LogP contribution in [0.1, 0.15) is 0 Å². The lowest BCUT2D eigenvalue weighted by molar-refractivity contribution is 0.405. The van der Waals surface area contributed by atoms with Crippen LogP contribution in [-0.2, 0) is 4.57 Å². The minimum atomic E-state index is -3.13. The van der Waals surface area contributed by atoms with Crippen LogP contribution in [0.25, 0.3) is 0 Å². The monoisotopic (exact) mass is 237 g/mol. The lowest BCUT2D eigenvalue weighted by Crippen LogP contribution is -2.39. The number of hydrogen-bond donors (Lipinski definition) is 4. The van der Waals surface area contributed by atoms with Crippen molar-refractivity contribution in [2.75, 3.05) is 26.2 Å². The van der Waals surface area contributed by atoms with Gasteiger partial charge in [-0.05, 0) is 0 Å². The Bertz CT molecular complexity index is 195. The van der Waals surface area contributed by atoms with Crippen LogP contribution in [0.3, 0.4) is 0 Å². The number of aromatic nitrogens is 1. The second-order valence-electron chi connectivity index (χ2n) is 2.46. The van der Waals surface area contributed by atoms with Gasteiger partial charge >= 0.3 is 8.25 Å². The molecular formula is C7H16N3O4P. The van der Waals surface area contributed by atoms with Crippen molar-refractivity contribution < 1.29 is 18.8 Å². The first-order valence-electron chi connectivity index (χ1n) is 4.39. The Morgan fingerprint density at radius 3 is 1.80 bits per heavy atom. The van der Waals surface area contributed by atoms with Crippen molar-refractivity contribution in [2.24, 2.45) is 0 Å². The molecule has 0 aliphatic carbocycles. The molecule has 7 nitrogen and oxygen atoms in total. The molecule has 0 spiro atoms. The molecule has 0 bridgehead atoms. The maximum absolute atomic E-state index is 8.74. The van der Waals surface area contributed by atoms with Gasteiger partial charge < -0.3 is 24.8 Å². The zero-order valence-electron chi connectivity index (χ0n) is 8.22. The Kier molecular flexibility index (Phi) is 10.8. The first kappa shape index (κ1) is 14.3. The molecule has 0 atom stereocenters. The maximum Gasteiger partial charge on any atom is 0.314 e. The van der Waals surface area contributed by atoms with Gasteiger partial charge in [-0.25, -0.2) is 4.98 Å². The van der Waals surface area contributed by atoms with Crippen molar-refractivity contribution in [3.05, 3.63) is 18.9 Å². The van der Waals surface area contributed by atoms with Gasteiger partial charge in [0.05, 0.1) is 6.20 Å². The highest BCUT2D eigenvalue weighted by Crippen LogP contribution is 1.98. The highest BCUT2D eigenvalue weighted by Gasteiger charge is 1.91. The van der Waals surface area contributed by atoms with E-state index < -0.39 is 8.25 Å². The van der Waals surface area contributed by atoms with Crippen LogP contribution in [-0.4, -0.2) is 40.9 Å². The highest BCUT2D eigenvalue weighted by molar-refractivity contribution is 7.30. The number of hydrogen-bond acceptors (Lipinski definition) is 5. The third-order valence-corrected chi connectivity index (χ3v) is 1.30. The number of rotatable bonds is 0. The molecule has 0 saturated carbocycles. The molecule has 1 saturated heterocycles. The fraction of sp³-hybridized carbons (Fsp3) is 0.571. The Labute approximate surface area is 88.5 Å². The zero-order chi connectivity index (χ0) is 11.4. The third kappa shape index (κ3) is 16.0. The number of nitrogens with zero attached hydrogens (tertiary/aromatic N) is 1. The van der Waals surface area contributed by atoms with Crippen LogP contribution in [0, 0.1) is 0 Å². The van der Waals surface area contributed by atoms with E-state index in [0.29, 0.717) is 0 Å².